The highest BCUT2D eigenvalue weighted by Gasteiger charge is 2.24. The van der Waals surface area contributed by atoms with Gasteiger partial charge in [-0.05, 0) is 30.4 Å². The van der Waals surface area contributed by atoms with Crippen molar-refractivity contribution in [1.29, 1.82) is 0 Å². The van der Waals surface area contributed by atoms with Crippen molar-refractivity contribution in [2.24, 2.45) is 10.7 Å². The molecule has 0 spiro atoms. The molecule has 1 aliphatic carbocycles. The molecule has 1 aromatic carbocycles. The van der Waals surface area contributed by atoms with Crippen LogP contribution in [0.5, 0.6) is 0 Å². The maximum atomic E-state index is 6.03. The lowest BCUT2D eigenvalue weighted by Gasteiger charge is -2.10. The molecule has 2 rings (SSSR count). The molecule has 0 aromatic heterocycles. The Kier molecular flexibility index (Phi) is 3.05. The molecule has 0 heterocycles. The van der Waals surface area contributed by atoms with E-state index in [9.17, 15) is 0 Å². The highest BCUT2D eigenvalue weighted by atomic mass is 14.9. The fraction of sp³-hybridized carbons (Fsp3) is 0.462. The summed E-state index contributed by atoms with van der Waals surface area (Å²) in [6, 6.07) is 8.56. The van der Waals surface area contributed by atoms with Crippen LogP contribution >= 0.6 is 0 Å². The SMILES string of the molecule is CCCN=C(N)C1CCc2ccccc21. The van der Waals surface area contributed by atoms with Crippen molar-refractivity contribution in [3.63, 3.8) is 0 Å². The summed E-state index contributed by atoms with van der Waals surface area (Å²) >= 11 is 0. The quantitative estimate of drug-likeness (QED) is 0.593. The predicted molar refractivity (Wildman–Crippen MR) is 64.3 cm³/mol. The molecule has 80 valence electrons. The van der Waals surface area contributed by atoms with Crippen LogP contribution in [0.25, 0.3) is 0 Å². The third kappa shape index (κ3) is 2.04. The van der Waals surface area contributed by atoms with Crippen molar-refractivity contribution in [3.8, 4) is 0 Å². The van der Waals surface area contributed by atoms with Crippen LogP contribution in [0.1, 0.15) is 36.8 Å². The molecule has 0 amide bonds. The van der Waals surface area contributed by atoms with Crippen molar-refractivity contribution in [2.75, 3.05) is 6.54 Å². The van der Waals surface area contributed by atoms with Crippen LogP contribution in [-0.2, 0) is 6.42 Å². The van der Waals surface area contributed by atoms with Gasteiger partial charge in [-0.2, -0.15) is 0 Å². The van der Waals surface area contributed by atoms with Crippen molar-refractivity contribution < 1.29 is 0 Å². The molecule has 1 aliphatic rings. The van der Waals surface area contributed by atoms with Crippen LogP contribution in [0.3, 0.4) is 0 Å². The Morgan fingerprint density at radius 2 is 2.27 bits per heavy atom. The zero-order valence-electron chi connectivity index (χ0n) is 9.24. The summed E-state index contributed by atoms with van der Waals surface area (Å²) in [5, 5.41) is 0. The number of aryl methyl sites for hydroxylation is 1. The van der Waals surface area contributed by atoms with Gasteiger partial charge in [-0.3, -0.25) is 4.99 Å². The fourth-order valence-electron chi connectivity index (χ4n) is 2.22. The first-order chi connectivity index (χ1) is 7.33. The number of rotatable bonds is 3. The zero-order valence-corrected chi connectivity index (χ0v) is 9.24. The number of hydrogen-bond donors (Lipinski definition) is 1. The number of benzene rings is 1. The van der Waals surface area contributed by atoms with E-state index in [-0.39, 0.29) is 0 Å². The van der Waals surface area contributed by atoms with Crippen LogP contribution < -0.4 is 5.73 Å². The van der Waals surface area contributed by atoms with Crippen molar-refractivity contribution in [3.05, 3.63) is 35.4 Å². The minimum absolute atomic E-state index is 0.368. The number of fused-ring (bicyclic) bond motifs is 1. The van der Waals surface area contributed by atoms with Crippen LogP contribution in [-0.4, -0.2) is 12.4 Å². The van der Waals surface area contributed by atoms with Gasteiger partial charge in [-0.15, -0.1) is 0 Å². The lowest BCUT2D eigenvalue weighted by molar-refractivity contribution is 0.824. The molecule has 15 heavy (non-hydrogen) atoms. The average Bonchev–Trinajstić information content (AvgIpc) is 2.69. The molecule has 0 bridgehead atoms. The molecule has 0 saturated heterocycles. The zero-order chi connectivity index (χ0) is 10.7. The van der Waals surface area contributed by atoms with Crippen molar-refractivity contribution >= 4 is 5.84 Å². The van der Waals surface area contributed by atoms with Gasteiger partial charge in [-0.1, -0.05) is 31.2 Å². The standard InChI is InChI=1S/C13H18N2/c1-2-9-15-13(14)12-8-7-10-5-3-4-6-11(10)12/h3-6,12H,2,7-9H2,1H3,(H2,14,15). The van der Waals surface area contributed by atoms with E-state index in [1.807, 2.05) is 0 Å². The molecule has 0 fully saturated rings. The Morgan fingerprint density at radius 1 is 1.47 bits per heavy atom. The maximum Gasteiger partial charge on any atom is 0.101 e. The molecule has 0 aliphatic heterocycles. The number of nitrogens with zero attached hydrogens (tertiary/aromatic N) is 1. The van der Waals surface area contributed by atoms with E-state index in [0.29, 0.717) is 5.92 Å². The highest BCUT2D eigenvalue weighted by molar-refractivity contribution is 5.88. The Bertz CT molecular complexity index is 369. The van der Waals surface area contributed by atoms with E-state index in [2.05, 4.69) is 36.2 Å². The molecule has 2 N–H and O–H groups in total. The largest absolute Gasteiger partial charge is 0.387 e. The second-order valence-corrected chi connectivity index (χ2v) is 4.10. The Balaban J connectivity index is 2.20. The van der Waals surface area contributed by atoms with Gasteiger partial charge < -0.3 is 5.73 Å². The summed E-state index contributed by atoms with van der Waals surface area (Å²) in [6.07, 6.45) is 3.33. The van der Waals surface area contributed by atoms with Gasteiger partial charge in [-0.25, -0.2) is 0 Å². The normalized spacial score (nSPS) is 20.3. The van der Waals surface area contributed by atoms with Crippen LogP contribution in [0.2, 0.25) is 0 Å². The Hall–Kier alpha value is -1.31. The first kappa shape index (κ1) is 10.2. The van der Waals surface area contributed by atoms with Crippen LogP contribution in [0.15, 0.2) is 29.3 Å². The second-order valence-electron chi connectivity index (χ2n) is 4.10. The molecule has 1 atom stereocenters. The number of aliphatic imine (C=N–C) groups is 1. The number of nitrogens with two attached hydrogens (primary N) is 1. The van der Waals surface area contributed by atoms with Crippen molar-refractivity contribution in [1.82, 2.24) is 0 Å². The molecule has 2 nitrogen and oxygen atoms in total. The highest BCUT2D eigenvalue weighted by Crippen LogP contribution is 2.32. The summed E-state index contributed by atoms with van der Waals surface area (Å²) in [7, 11) is 0. The van der Waals surface area contributed by atoms with Gasteiger partial charge in [0.25, 0.3) is 0 Å². The lowest BCUT2D eigenvalue weighted by atomic mass is 10.0. The minimum Gasteiger partial charge on any atom is -0.387 e. The Morgan fingerprint density at radius 3 is 3.07 bits per heavy atom. The third-order valence-electron chi connectivity index (χ3n) is 3.01. The minimum atomic E-state index is 0.368. The van der Waals surface area contributed by atoms with Crippen LogP contribution in [0.4, 0.5) is 0 Å². The average molecular weight is 202 g/mol. The molecule has 2 heteroatoms. The second kappa shape index (κ2) is 4.47. The van der Waals surface area contributed by atoms with Gasteiger partial charge in [0.15, 0.2) is 0 Å². The van der Waals surface area contributed by atoms with Gasteiger partial charge in [0.1, 0.15) is 5.84 Å². The van der Waals surface area contributed by atoms with E-state index in [1.165, 1.54) is 11.1 Å². The first-order valence-corrected chi connectivity index (χ1v) is 5.70. The van der Waals surface area contributed by atoms with E-state index in [1.54, 1.807) is 0 Å². The summed E-state index contributed by atoms with van der Waals surface area (Å²) in [5.41, 5.74) is 8.86. The molecule has 1 unspecified atom stereocenters. The van der Waals surface area contributed by atoms with Gasteiger partial charge in [0.05, 0.1) is 0 Å². The predicted octanol–water partition coefficient (Wildman–Crippen LogP) is 2.48. The van der Waals surface area contributed by atoms with Gasteiger partial charge >= 0.3 is 0 Å². The smallest absolute Gasteiger partial charge is 0.101 e. The van der Waals surface area contributed by atoms with E-state index in [4.69, 9.17) is 5.73 Å². The van der Waals surface area contributed by atoms with E-state index in [0.717, 1.165) is 31.6 Å². The molecule has 0 radical (unpaired) electrons. The number of hydrogen-bond acceptors (Lipinski definition) is 1. The Labute approximate surface area is 91.2 Å². The topological polar surface area (TPSA) is 38.4 Å². The molecule has 1 aromatic rings. The molecular weight excluding hydrogens is 184 g/mol. The van der Waals surface area contributed by atoms with Gasteiger partial charge in [0, 0.05) is 12.5 Å². The first-order valence-electron chi connectivity index (χ1n) is 5.70. The van der Waals surface area contributed by atoms with Gasteiger partial charge in [0.2, 0.25) is 0 Å². The maximum absolute atomic E-state index is 6.03. The lowest BCUT2D eigenvalue weighted by Crippen LogP contribution is -2.20. The molecule has 0 saturated carbocycles. The van der Waals surface area contributed by atoms with Crippen molar-refractivity contribution in [2.45, 2.75) is 32.1 Å². The summed E-state index contributed by atoms with van der Waals surface area (Å²) in [5.74, 6) is 1.19. The number of amidine groups is 1. The third-order valence-corrected chi connectivity index (χ3v) is 3.01. The monoisotopic (exact) mass is 202 g/mol. The molecular formula is C13H18N2. The van der Waals surface area contributed by atoms with E-state index < -0.39 is 0 Å². The van der Waals surface area contributed by atoms with E-state index >= 15 is 0 Å². The summed E-state index contributed by atoms with van der Waals surface area (Å²) < 4.78 is 0. The summed E-state index contributed by atoms with van der Waals surface area (Å²) in [4.78, 5) is 4.42. The van der Waals surface area contributed by atoms with Crippen LogP contribution in [0, 0.1) is 0 Å². The summed E-state index contributed by atoms with van der Waals surface area (Å²) in [6.45, 7) is 2.98. The fourth-order valence-corrected chi connectivity index (χ4v) is 2.22.